The van der Waals surface area contributed by atoms with Gasteiger partial charge >= 0.3 is 12.1 Å². The van der Waals surface area contributed by atoms with E-state index in [1.54, 1.807) is 18.2 Å². The van der Waals surface area contributed by atoms with E-state index in [9.17, 15) is 18.0 Å². The predicted octanol–water partition coefficient (Wildman–Crippen LogP) is 6.29. The summed E-state index contributed by atoms with van der Waals surface area (Å²) in [4.78, 5) is 16.0. The van der Waals surface area contributed by atoms with E-state index in [2.05, 4.69) is 4.98 Å². The van der Waals surface area contributed by atoms with E-state index < -0.39 is 23.3 Å². The van der Waals surface area contributed by atoms with E-state index in [0.717, 1.165) is 50.8 Å². The Morgan fingerprint density at radius 1 is 0.871 bits per heavy atom. The topological polar surface area (TPSA) is 68.1 Å². The first-order valence-corrected chi connectivity index (χ1v) is 9.43. The van der Waals surface area contributed by atoms with Gasteiger partial charge in [-0.1, -0.05) is 36.4 Å². The van der Waals surface area contributed by atoms with Crippen molar-refractivity contribution in [3.05, 3.63) is 83.9 Å². The molecule has 0 saturated heterocycles. The number of nitrogen functional groups attached to an aromatic ring is 1. The summed E-state index contributed by atoms with van der Waals surface area (Å²) >= 11 is 0. The van der Waals surface area contributed by atoms with Crippen molar-refractivity contribution in [2.45, 2.75) is 6.18 Å². The van der Waals surface area contributed by atoms with Gasteiger partial charge in [0.2, 0.25) is 0 Å². The number of nitrogens with two attached hydrogens (primary N) is 1. The smallest absolute Gasteiger partial charge is 0.417 e. The van der Waals surface area contributed by atoms with Crippen LogP contribution in [0.3, 0.4) is 0 Å². The zero-order chi connectivity index (χ0) is 21.8. The summed E-state index contributed by atoms with van der Waals surface area (Å²) < 4.78 is 45.2. The summed E-state index contributed by atoms with van der Waals surface area (Å²) in [6.45, 7) is 0. The number of hydrogen-bond acceptors (Lipinski definition) is 3. The third-order valence-electron chi connectivity index (χ3n) is 5.25. The molecule has 4 nitrogen and oxygen atoms in total. The van der Waals surface area contributed by atoms with Crippen LogP contribution in [0.4, 0.5) is 18.9 Å². The number of rotatable bonds is 2. The highest BCUT2D eigenvalue weighted by atomic mass is 19.4. The summed E-state index contributed by atoms with van der Waals surface area (Å²) in [6, 6.07) is 19.6. The standard InChI is InChI=1S/C24H15F3N2O2/c25-24(26,27)20-10-7-14(28)11-19(20)23(30)31-15-8-5-13-6-9-17-16-3-1-2-4-21(16)29-22(17)18(13)12-15/h1-12,29H,28H2. The molecule has 1 heterocycles. The molecule has 154 valence electrons. The van der Waals surface area contributed by atoms with Crippen LogP contribution in [0.15, 0.2) is 72.8 Å². The van der Waals surface area contributed by atoms with Crippen molar-refractivity contribution in [2.75, 3.05) is 5.73 Å². The molecule has 0 unspecified atom stereocenters. The summed E-state index contributed by atoms with van der Waals surface area (Å²) in [5.74, 6) is -0.984. The number of hydrogen-bond donors (Lipinski definition) is 2. The summed E-state index contributed by atoms with van der Waals surface area (Å²) in [6.07, 6.45) is -4.71. The molecule has 0 amide bonds. The van der Waals surface area contributed by atoms with Gasteiger partial charge in [0.15, 0.2) is 0 Å². The number of esters is 1. The first-order chi connectivity index (χ1) is 14.8. The number of alkyl halides is 3. The van der Waals surface area contributed by atoms with Crippen LogP contribution < -0.4 is 10.5 Å². The van der Waals surface area contributed by atoms with Gasteiger partial charge in [0, 0.05) is 27.4 Å². The van der Waals surface area contributed by atoms with Crippen molar-refractivity contribution in [1.82, 2.24) is 4.98 Å². The Morgan fingerprint density at radius 3 is 2.45 bits per heavy atom. The quantitative estimate of drug-likeness (QED) is 0.200. The number of anilines is 1. The molecule has 0 radical (unpaired) electrons. The lowest BCUT2D eigenvalue weighted by molar-refractivity contribution is -0.138. The molecule has 0 aliphatic rings. The second-order valence-electron chi connectivity index (χ2n) is 7.23. The minimum Gasteiger partial charge on any atom is -0.423 e. The molecular weight excluding hydrogens is 405 g/mol. The third kappa shape index (κ3) is 3.24. The maximum atomic E-state index is 13.3. The number of fused-ring (bicyclic) bond motifs is 5. The van der Waals surface area contributed by atoms with Crippen molar-refractivity contribution in [1.29, 1.82) is 0 Å². The van der Waals surface area contributed by atoms with Crippen LogP contribution >= 0.6 is 0 Å². The van der Waals surface area contributed by atoms with Crippen molar-refractivity contribution in [3.63, 3.8) is 0 Å². The Bertz CT molecular complexity index is 1490. The van der Waals surface area contributed by atoms with Crippen molar-refractivity contribution in [3.8, 4) is 5.75 Å². The van der Waals surface area contributed by atoms with E-state index in [1.165, 1.54) is 0 Å². The molecule has 5 aromatic rings. The predicted molar refractivity (Wildman–Crippen MR) is 114 cm³/mol. The number of para-hydroxylation sites is 1. The van der Waals surface area contributed by atoms with Crippen molar-refractivity contribution < 1.29 is 22.7 Å². The van der Waals surface area contributed by atoms with Crippen molar-refractivity contribution >= 4 is 44.2 Å². The largest absolute Gasteiger partial charge is 0.423 e. The minimum absolute atomic E-state index is 0.0400. The van der Waals surface area contributed by atoms with Gasteiger partial charge in [0.1, 0.15) is 5.75 Å². The fourth-order valence-electron chi connectivity index (χ4n) is 3.82. The van der Waals surface area contributed by atoms with Gasteiger partial charge in [-0.05, 0) is 41.8 Å². The Balaban J connectivity index is 1.59. The Labute approximate surface area is 174 Å². The molecule has 1 aromatic heterocycles. The molecule has 0 saturated carbocycles. The molecule has 0 fully saturated rings. The lowest BCUT2D eigenvalue weighted by atomic mass is 10.0. The van der Waals surface area contributed by atoms with E-state index >= 15 is 0 Å². The maximum Gasteiger partial charge on any atom is 0.417 e. The van der Waals surface area contributed by atoms with Gasteiger partial charge in [-0.2, -0.15) is 13.2 Å². The van der Waals surface area contributed by atoms with Gasteiger partial charge in [0.05, 0.1) is 16.6 Å². The first-order valence-electron chi connectivity index (χ1n) is 9.43. The number of benzene rings is 4. The van der Waals surface area contributed by atoms with Gasteiger partial charge in [-0.15, -0.1) is 0 Å². The number of halogens is 3. The van der Waals surface area contributed by atoms with Gasteiger partial charge in [-0.25, -0.2) is 4.79 Å². The number of nitrogens with one attached hydrogen (secondary N) is 1. The van der Waals surface area contributed by atoms with Crippen LogP contribution in [0.25, 0.3) is 32.6 Å². The highest BCUT2D eigenvalue weighted by Gasteiger charge is 2.36. The fourth-order valence-corrected chi connectivity index (χ4v) is 3.82. The fraction of sp³-hybridized carbons (Fsp3) is 0.0417. The van der Waals surface area contributed by atoms with Crippen LogP contribution in [0.1, 0.15) is 15.9 Å². The summed E-state index contributed by atoms with van der Waals surface area (Å²) in [7, 11) is 0. The zero-order valence-electron chi connectivity index (χ0n) is 16.0. The van der Waals surface area contributed by atoms with Gasteiger partial charge in [0.25, 0.3) is 0 Å². The van der Waals surface area contributed by atoms with Crippen molar-refractivity contribution in [2.24, 2.45) is 0 Å². The monoisotopic (exact) mass is 420 g/mol. The van der Waals surface area contributed by atoms with Crippen LogP contribution in [0.5, 0.6) is 5.75 Å². The number of H-pyrrole nitrogens is 1. The molecule has 7 heteroatoms. The average molecular weight is 420 g/mol. The minimum atomic E-state index is -4.71. The molecule has 0 aliphatic heterocycles. The zero-order valence-corrected chi connectivity index (χ0v) is 16.0. The normalized spacial score (nSPS) is 12.0. The molecule has 4 aromatic carbocycles. The van der Waals surface area contributed by atoms with Crippen LogP contribution in [0, 0.1) is 0 Å². The molecule has 31 heavy (non-hydrogen) atoms. The second-order valence-corrected chi connectivity index (χ2v) is 7.23. The van der Waals surface area contributed by atoms with E-state index in [-0.39, 0.29) is 11.4 Å². The molecule has 3 N–H and O–H groups in total. The Kier molecular flexibility index (Phi) is 4.15. The lowest BCUT2D eigenvalue weighted by Crippen LogP contribution is -2.17. The third-order valence-corrected chi connectivity index (χ3v) is 5.25. The average Bonchev–Trinajstić information content (AvgIpc) is 3.12. The number of carbonyl (C=O) groups is 1. The second kappa shape index (κ2) is 6.77. The Hall–Kier alpha value is -4.00. The molecule has 0 atom stereocenters. The highest BCUT2D eigenvalue weighted by molar-refractivity contribution is 6.17. The van der Waals surface area contributed by atoms with Crippen LogP contribution in [-0.4, -0.2) is 11.0 Å². The maximum absolute atomic E-state index is 13.3. The van der Waals surface area contributed by atoms with Gasteiger partial charge in [-0.3, -0.25) is 0 Å². The van der Waals surface area contributed by atoms with E-state index in [0.29, 0.717) is 0 Å². The van der Waals surface area contributed by atoms with E-state index in [1.807, 2.05) is 36.4 Å². The number of aromatic amines is 1. The lowest BCUT2D eigenvalue weighted by Gasteiger charge is -2.13. The molecule has 0 spiro atoms. The number of aromatic nitrogens is 1. The SMILES string of the molecule is Nc1ccc(C(F)(F)F)c(C(=O)Oc2ccc3ccc4c5ccccc5[nH]c4c3c2)c1. The molecule has 5 rings (SSSR count). The Morgan fingerprint density at radius 2 is 1.65 bits per heavy atom. The first kappa shape index (κ1) is 19.0. The number of carbonyl (C=O) groups excluding carboxylic acids is 1. The van der Waals surface area contributed by atoms with Crippen LogP contribution in [0.2, 0.25) is 0 Å². The molecule has 0 aliphatic carbocycles. The molecule has 0 bridgehead atoms. The summed E-state index contributed by atoms with van der Waals surface area (Å²) in [5.41, 5.74) is 5.73. The van der Waals surface area contributed by atoms with Gasteiger partial charge < -0.3 is 15.5 Å². The highest BCUT2D eigenvalue weighted by Crippen LogP contribution is 2.35. The number of ether oxygens (including phenoxy) is 1. The molecular formula is C24H15F3N2O2. The summed E-state index contributed by atoms with van der Waals surface area (Å²) in [5, 5.41) is 3.75. The van der Waals surface area contributed by atoms with Crippen LogP contribution in [-0.2, 0) is 6.18 Å². The van der Waals surface area contributed by atoms with E-state index in [4.69, 9.17) is 10.5 Å².